The summed E-state index contributed by atoms with van der Waals surface area (Å²) in [6.07, 6.45) is 3.59. The second-order valence-electron chi connectivity index (χ2n) is 6.08. The number of carbonyl (C=O) groups is 2. The number of aliphatic hydroxyl groups excluding tert-OH is 1. The first-order valence-electron chi connectivity index (χ1n) is 8.66. The minimum atomic E-state index is -1.24. The number of rotatable bonds is 8. The van der Waals surface area contributed by atoms with Gasteiger partial charge in [0.25, 0.3) is 0 Å². The van der Waals surface area contributed by atoms with Gasteiger partial charge in [-0.15, -0.1) is 0 Å². The molecule has 0 saturated heterocycles. The van der Waals surface area contributed by atoms with Crippen LogP contribution in [0.1, 0.15) is 11.1 Å². The fraction of sp³-hybridized carbons (Fsp3) is 0.143. The van der Waals surface area contributed by atoms with Crippen molar-refractivity contribution >= 4 is 24.1 Å². The summed E-state index contributed by atoms with van der Waals surface area (Å²) in [5, 5.41) is 46.9. The van der Waals surface area contributed by atoms with Crippen LogP contribution in [0.25, 0.3) is 12.2 Å². The molecule has 0 spiro atoms. The second-order valence-corrected chi connectivity index (χ2v) is 6.08. The van der Waals surface area contributed by atoms with Gasteiger partial charge in [-0.1, -0.05) is 12.1 Å². The lowest BCUT2D eigenvalue weighted by atomic mass is 10.2. The van der Waals surface area contributed by atoms with Crippen molar-refractivity contribution in [3.63, 3.8) is 0 Å². The molecule has 0 fully saturated rings. The molecule has 0 aliphatic heterocycles. The Hall–Kier alpha value is -3.98. The predicted molar refractivity (Wildman–Crippen MR) is 106 cm³/mol. The van der Waals surface area contributed by atoms with Gasteiger partial charge in [0.15, 0.2) is 23.0 Å². The average molecular weight is 416 g/mol. The third-order valence-electron chi connectivity index (χ3n) is 3.66. The Bertz CT molecular complexity index is 885. The zero-order valence-corrected chi connectivity index (χ0v) is 15.6. The first kappa shape index (κ1) is 22.3. The highest BCUT2D eigenvalue weighted by Gasteiger charge is 2.10. The number of aromatic hydroxyl groups is 4. The lowest BCUT2D eigenvalue weighted by Crippen LogP contribution is -2.24. The SMILES string of the molecule is O=C(/C=C/c1ccc(O)c(O)c1)OCC(O)COC(=O)/C=C/c1ccc(O)c(O)c1. The van der Waals surface area contributed by atoms with Crippen LogP contribution >= 0.6 is 0 Å². The summed E-state index contributed by atoms with van der Waals surface area (Å²) < 4.78 is 9.63. The average Bonchev–Trinajstić information content (AvgIpc) is 2.72. The number of benzene rings is 2. The highest BCUT2D eigenvalue weighted by molar-refractivity contribution is 5.87. The van der Waals surface area contributed by atoms with Crippen LogP contribution in [-0.4, -0.2) is 56.8 Å². The zero-order valence-electron chi connectivity index (χ0n) is 15.6. The minimum Gasteiger partial charge on any atom is -0.504 e. The molecule has 0 aliphatic carbocycles. The summed E-state index contributed by atoms with van der Waals surface area (Å²) >= 11 is 0. The predicted octanol–water partition coefficient (Wildman–Crippen LogP) is 1.68. The van der Waals surface area contributed by atoms with Crippen molar-refractivity contribution in [1.82, 2.24) is 0 Å². The molecular formula is C21H20O9. The Kier molecular flexibility index (Phi) is 7.83. The van der Waals surface area contributed by atoms with Crippen LogP contribution in [0, 0.1) is 0 Å². The van der Waals surface area contributed by atoms with Gasteiger partial charge in [0.05, 0.1) is 0 Å². The summed E-state index contributed by atoms with van der Waals surface area (Å²) in [6, 6.07) is 7.97. The molecule has 0 saturated carbocycles. The zero-order chi connectivity index (χ0) is 22.1. The molecule has 2 aromatic carbocycles. The third-order valence-corrected chi connectivity index (χ3v) is 3.66. The van der Waals surface area contributed by atoms with E-state index in [1.54, 1.807) is 0 Å². The maximum Gasteiger partial charge on any atom is 0.330 e. The van der Waals surface area contributed by atoms with Gasteiger partial charge >= 0.3 is 11.9 Å². The van der Waals surface area contributed by atoms with Crippen LogP contribution in [0.3, 0.4) is 0 Å². The van der Waals surface area contributed by atoms with Crippen molar-refractivity contribution in [1.29, 1.82) is 0 Å². The molecule has 0 unspecified atom stereocenters. The molecule has 2 aromatic rings. The van der Waals surface area contributed by atoms with Gasteiger partial charge in [-0.25, -0.2) is 9.59 Å². The number of hydrogen-bond donors (Lipinski definition) is 5. The molecule has 5 N–H and O–H groups in total. The number of esters is 2. The Morgan fingerprint density at radius 1 is 0.733 bits per heavy atom. The number of carbonyl (C=O) groups excluding carboxylic acids is 2. The number of aliphatic hydroxyl groups is 1. The molecule has 0 amide bonds. The molecule has 0 aromatic heterocycles. The van der Waals surface area contributed by atoms with E-state index in [0.29, 0.717) is 11.1 Å². The maximum absolute atomic E-state index is 11.6. The lowest BCUT2D eigenvalue weighted by molar-refractivity contribution is -0.146. The normalized spacial score (nSPS) is 11.3. The third kappa shape index (κ3) is 7.21. The van der Waals surface area contributed by atoms with Crippen LogP contribution in [0.4, 0.5) is 0 Å². The van der Waals surface area contributed by atoms with Gasteiger partial charge in [0, 0.05) is 12.2 Å². The van der Waals surface area contributed by atoms with Crippen LogP contribution in [0.5, 0.6) is 23.0 Å². The van der Waals surface area contributed by atoms with E-state index in [9.17, 15) is 35.1 Å². The van der Waals surface area contributed by atoms with Gasteiger partial charge in [-0.3, -0.25) is 0 Å². The number of phenolic OH excluding ortho intramolecular Hbond substituents is 4. The summed E-state index contributed by atoms with van der Waals surface area (Å²) in [7, 11) is 0. The molecule has 0 heterocycles. The van der Waals surface area contributed by atoms with Crippen LogP contribution in [0.2, 0.25) is 0 Å². The van der Waals surface area contributed by atoms with Crippen LogP contribution in [0.15, 0.2) is 48.6 Å². The fourth-order valence-electron chi connectivity index (χ4n) is 2.12. The van der Waals surface area contributed by atoms with Gasteiger partial charge in [-0.2, -0.15) is 0 Å². The highest BCUT2D eigenvalue weighted by Crippen LogP contribution is 2.26. The first-order valence-corrected chi connectivity index (χ1v) is 8.66. The fourth-order valence-corrected chi connectivity index (χ4v) is 2.12. The molecule has 0 aliphatic rings. The van der Waals surface area contributed by atoms with Crippen molar-refractivity contribution in [3.8, 4) is 23.0 Å². The molecule has 2 rings (SSSR count). The summed E-state index contributed by atoms with van der Waals surface area (Å²) in [6.45, 7) is -0.820. The Balaban J connectivity index is 1.72. The van der Waals surface area contributed by atoms with Crippen molar-refractivity contribution in [2.75, 3.05) is 13.2 Å². The quantitative estimate of drug-likeness (QED) is 0.246. The van der Waals surface area contributed by atoms with E-state index < -0.39 is 31.3 Å². The van der Waals surface area contributed by atoms with Gasteiger partial charge in [0.2, 0.25) is 0 Å². The monoisotopic (exact) mass is 416 g/mol. The first-order chi connectivity index (χ1) is 14.2. The molecule has 0 radical (unpaired) electrons. The largest absolute Gasteiger partial charge is 0.504 e. The van der Waals surface area contributed by atoms with E-state index in [0.717, 1.165) is 12.2 Å². The van der Waals surface area contributed by atoms with Gasteiger partial charge < -0.3 is 35.0 Å². The van der Waals surface area contributed by atoms with Crippen molar-refractivity contribution in [3.05, 3.63) is 59.7 Å². The summed E-state index contributed by atoms with van der Waals surface area (Å²) in [5.41, 5.74) is 0.899. The minimum absolute atomic E-state index is 0.288. The maximum atomic E-state index is 11.6. The van der Waals surface area contributed by atoms with E-state index in [4.69, 9.17) is 9.47 Å². The highest BCUT2D eigenvalue weighted by atomic mass is 16.6. The van der Waals surface area contributed by atoms with Crippen LogP contribution in [-0.2, 0) is 19.1 Å². The lowest BCUT2D eigenvalue weighted by Gasteiger charge is -2.10. The summed E-state index contributed by atoms with van der Waals surface area (Å²) in [4.78, 5) is 23.3. The topological polar surface area (TPSA) is 154 Å². The van der Waals surface area contributed by atoms with E-state index in [1.807, 2.05) is 0 Å². The molecular weight excluding hydrogens is 396 g/mol. The van der Waals surface area contributed by atoms with Gasteiger partial charge in [-0.05, 0) is 47.5 Å². The van der Waals surface area contributed by atoms with E-state index in [-0.39, 0.29) is 23.0 Å². The molecule has 9 nitrogen and oxygen atoms in total. The Morgan fingerprint density at radius 2 is 1.13 bits per heavy atom. The standard InChI is InChI=1S/C21H20O9/c22-15(11-29-20(27)7-3-13-1-5-16(23)18(25)9-13)12-30-21(28)8-4-14-2-6-17(24)19(26)10-14/h1-10,15,22-26H,11-12H2/b7-3+,8-4+. The molecule has 0 bridgehead atoms. The number of ether oxygens (including phenoxy) is 2. The molecule has 30 heavy (non-hydrogen) atoms. The Labute approximate surface area is 171 Å². The van der Waals surface area contributed by atoms with E-state index in [1.165, 1.54) is 48.6 Å². The number of hydrogen-bond acceptors (Lipinski definition) is 9. The second kappa shape index (κ2) is 10.5. The molecule has 158 valence electrons. The summed E-state index contributed by atoms with van der Waals surface area (Å²) in [5.74, 6) is -2.77. The smallest absolute Gasteiger partial charge is 0.330 e. The van der Waals surface area contributed by atoms with Crippen LogP contribution < -0.4 is 0 Å². The Morgan fingerprint density at radius 3 is 1.50 bits per heavy atom. The van der Waals surface area contributed by atoms with E-state index in [2.05, 4.69) is 0 Å². The van der Waals surface area contributed by atoms with E-state index >= 15 is 0 Å². The van der Waals surface area contributed by atoms with Gasteiger partial charge in [0.1, 0.15) is 19.3 Å². The molecule has 0 atom stereocenters. The van der Waals surface area contributed by atoms with Crippen molar-refractivity contribution in [2.24, 2.45) is 0 Å². The van der Waals surface area contributed by atoms with Crippen molar-refractivity contribution < 1.29 is 44.6 Å². The molecule has 9 heteroatoms. The number of phenols is 4. The van der Waals surface area contributed by atoms with Crippen molar-refractivity contribution in [2.45, 2.75) is 6.10 Å².